The first-order chi connectivity index (χ1) is 9.56. The molecule has 0 aliphatic rings. The van der Waals surface area contributed by atoms with Crippen molar-refractivity contribution in [2.75, 3.05) is 19.7 Å². The minimum atomic E-state index is -3.49. The van der Waals surface area contributed by atoms with E-state index in [1.165, 1.54) is 4.31 Å². The van der Waals surface area contributed by atoms with Gasteiger partial charge in [-0.3, -0.25) is 0 Å². The third-order valence-electron chi connectivity index (χ3n) is 3.20. The summed E-state index contributed by atoms with van der Waals surface area (Å²) in [5.74, 6) is 0. The summed E-state index contributed by atoms with van der Waals surface area (Å²) in [4.78, 5) is 0.305. The van der Waals surface area contributed by atoms with Gasteiger partial charge in [-0.25, -0.2) is 8.42 Å². The second kappa shape index (κ2) is 8.39. The van der Waals surface area contributed by atoms with E-state index in [2.05, 4.69) is 6.92 Å². The predicted molar refractivity (Wildman–Crippen MR) is 81.2 cm³/mol. The first kappa shape index (κ1) is 17.1. The van der Waals surface area contributed by atoms with Crippen LogP contribution in [0.15, 0.2) is 29.2 Å². The fraction of sp³-hybridized carbons (Fsp3) is 0.600. The second-order valence-corrected chi connectivity index (χ2v) is 6.81. The summed E-state index contributed by atoms with van der Waals surface area (Å²) in [5.41, 5.74) is 1.16. The molecule has 0 aliphatic heterocycles. The van der Waals surface area contributed by atoms with Gasteiger partial charge in [0.1, 0.15) is 0 Å². The van der Waals surface area contributed by atoms with E-state index in [1.54, 1.807) is 12.1 Å². The van der Waals surface area contributed by atoms with Gasteiger partial charge in [0.2, 0.25) is 10.0 Å². The standard InChI is InChI=1S/C15H25NO3S/c1-3-5-6-14-7-9-15(10-8-14)20(18,19)16(11-4-2)12-13-17/h7-10,17H,3-6,11-13H2,1-2H3. The Hall–Kier alpha value is -0.910. The zero-order valence-corrected chi connectivity index (χ0v) is 13.2. The van der Waals surface area contributed by atoms with Crippen molar-refractivity contribution in [2.45, 2.75) is 44.4 Å². The molecule has 0 aliphatic carbocycles. The average Bonchev–Trinajstić information content (AvgIpc) is 2.45. The van der Waals surface area contributed by atoms with Gasteiger partial charge in [-0.15, -0.1) is 0 Å². The van der Waals surface area contributed by atoms with E-state index in [-0.39, 0.29) is 13.2 Å². The number of sulfonamides is 1. The number of nitrogens with zero attached hydrogens (tertiary/aromatic N) is 1. The lowest BCUT2D eigenvalue weighted by atomic mass is 10.1. The number of aliphatic hydroxyl groups excluding tert-OH is 1. The van der Waals surface area contributed by atoms with Crippen LogP contribution >= 0.6 is 0 Å². The van der Waals surface area contributed by atoms with Crippen LogP contribution in [0.5, 0.6) is 0 Å². The van der Waals surface area contributed by atoms with Crippen LogP contribution in [0.25, 0.3) is 0 Å². The molecule has 1 aromatic carbocycles. The Labute approximate surface area is 122 Å². The van der Waals surface area contributed by atoms with E-state index in [1.807, 2.05) is 19.1 Å². The quantitative estimate of drug-likeness (QED) is 0.762. The van der Waals surface area contributed by atoms with Gasteiger partial charge >= 0.3 is 0 Å². The van der Waals surface area contributed by atoms with Crippen LogP contribution in [0, 0.1) is 0 Å². The third kappa shape index (κ3) is 4.58. The number of hydrogen-bond donors (Lipinski definition) is 1. The highest BCUT2D eigenvalue weighted by molar-refractivity contribution is 7.89. The summed E-state index contributed by atoms with van der Waals surface area (Å²) in [6.45, 7) is 4.48. The van der Waals surface area contributed by atoms with Gasteiger partial charge in [-0.05, 0) is 37.0 Å². The maximum atomic E-state index is 12.5. The zero-order chi connectivity index (χ0) is 15.0. The normalized spacial score (nSPS) is 12.0. The number of unbranched alkanes of at least 4 members (excludes halogenated alkanes) is 1. The molecule has 0 bridgehead atoms. The minimum absolute atomic E-state index is 0.147. The van der Waals surface area contributed by atoms with Crippen LogP contribution in [-0.4, -0.2) is 37.5 Å². The number of benzene rings is 1. The van der Waals surface area contributed by atoms with Crippen LogP contribution < -0.4 is 0 Å². The van der Waals surface area contributed by atoms with Crippen molar-refractivity contribution >= 4 is 10.0 Å². The maximum absolute atomic E-state index is 12.5. The predicted octanol–water partition coefficient (Wildman–Crippen LogP) is 2.42. The summed E-state index contributed by atoms with van der Waals surface area (Å²) >= 11 is 0. The molecule has 0 fully saturated rings. The maximum Gasteiger partial charge on any atom is 0.243 e. The molecule has 0 spiro atoms. The highest BCUT2D eigenvalue weighted by Crippen LogP contribution is 2.17. The van der Waals surface area contributed by atoms with Crippen molar-refractivity contribution in [1.82, 2.24) is 4.31 Å². The monoisotopic (exact) mass is 299 g/mol. The summed E-state index contributed by atoms with van der Waals surface area (Å²) in [5, 5.41) is 9.01. The molecule has 1 aromatic rings. The average molecular weight is 299 g/mol. The molecule has 1 N–H and O–H groups in total. The summed E-state index contributed by atoms with van der Waals surface area (Å²) in [6, 6.07) is 7.10. The molecule has 1 rings (SSSR count). The second-order valence-electron chi connectivity index (χ2n) is 4.88. The lowest BCUT2D eigenvalue weighted by Gasteiger charge is -2.20. The fourth-order valence-corrected chi connectivity index (χ4v) is 3.59. The van der Waals surface area contributed by atoms with E-state index in [0.717, 1.165) is 31.2 Å². The van der Waals surface area contributed by atoms with Crippen LogP contribution in [-0.2, 0) is 16.4 Å². The number of rotatable bonds is 9. The Morgan fingerprint density at radius 1 is 1.05 bits per heavy atom. The van der Waals surface area contributed by atoms with Gasteiger partial charge in [-0.2, -0.15) is 4.31 Å². The molecule has 4 nitrogen and oxygen atoms in total. The van der Waals surface area contributed by atoms with E-state index in [9.17, 15) is 8.42 Å². The number of aryl methyl sites for hydroxylation is 1. The van der Waals surface area contributed by atoms with Crippen molar-refractivity contribution in [3.05, 3.63) is 29.8 Å². The lowest BCUT2D eigenvalue weighted by Crippen LogP contribution is -2.34. The van der Waals surface area contributed by atoms with Gasteiger partial charge in [-0.1, -0.05) is 32.4 Å². The first-order valence-corrected chi connectivity index (χ1v) is 8.70. The van der Waals surface area contributed by atoms with Crippen molar-refractivity contribution in [2.24, 2.45) is 0 Å². The van der Waals surface area contributed by atoms with Gasteiger partial charge in [0.25, 0.3) is 0 Å². The summed E-state index contributed by atoms with van der Waals surface area (Å²) < 4.78 is 26.2. The Morgan fingerprint density at radius 2 is 1.70 bits per heavy atom. The highest BCUT2D eigenvalue weighted by atomic mass is 32.2. The fourth-order valence-electron chi connectivity index (χ4n) is 2.07. The number of aliphatic hydroxyl groups is 1. The SMILES string of the molecule is CCCCc1ccc(S(=O)(=O)N(CCC)CCO)cc1. The Bertz CT molecular complexity index is 476. The molecule has 20 heavy (non-hydrogen) atoms. The lowest BCUT2D eigenvalue weighted by molar-refractivity contribution is 0.253. The van der Waals surface area contributed by atoms with Crippen molar-refractivity contribution in [1.29, 1.82) is 0 Å². The van der Waals surface area contributed by atoms with Gasteiger partial charge in [0.15, 0.2) is 0 Å². The smallest absolute Gasteiger partial charge is 0.243 e. The Balaban J connectivity index is 2.90. The van der Waals surface area contributed by atoms with Crippen molar-refractivity contribution < 1.29 is 13.5 Å². The van der Waals surface area contributed by atoms with Crippen LogP contribution in [0.4, 0.5) is 0 Å². The highest BCUT2D eigenvalue weighted by Gasteiger charge is 2.22. The number of hydrogen-bond acceptors (Lipinski definition) is 3. The molecular weight excluding hydrogens is 274 g/mol. The Kier molecular flexibility index (Phi) is 7.19. The van der Waals surface area contributed by atoms with Gasteiger partial charge in [0.05, 0.1) is 11.5 Å². The third-order valence-corrected chi connectivity index (χ3v) is 5.12. The van der Waals surface area contributed by atoms with Gasteiger partial charge < -0.3 is 5.11 Å². The molecule has 114 valence electrons. The molecule has 0 unspecified atom stereocenters. The first-order valence-electron chi connectivity index (χ1n) is 7.26. The van der Waals surface area contributed by atoms with Crippen LogP contribution in [0.1, 0.15) is 38.7 Å². The largest absolute Gasteiger partial charge is 0.395 e. The molecule has 0 aromatic heterocycles. The topological polar surface area (TPSA) is 57.6 Å². The molecule has 0 saturated carbocycles. The van der Waals surface area contributed by atoms with Crippen molar-refractivity contribution in [3.8, 4) is 0 Å². The molecular formula is C15H25NO3S. The zero-order valence-electron chi connectivity index (χ0n) is 12.4. The van der Waals surface area contributed by atoms with Gasteiger partial charge in [0, 0.05) is 13.1 Å². The van der Waals surface area contributed by atoms with E-state index in [4.69, 9.17) is 5.11 Å². The molecule has 0 heterocycles. The molecule has 0 saturated heterocycles. The molecule has 0 radical (unpaired) electrons. The minimum Gasteiger partial charge on any atom is -0.395 e. The summed E-state index contributed by atoms with van der Waals surface area (Å²) in [7, 11) is -3.49. The molecule has 0 amide bonds. The molecule has 0 atom stereocenters. The van der Waals surface area contributed by atoms with E-state index < -0.39 is 10.0 Å². The van der Waals surface area contributed by atoms with E-state index >= 15 is 0 Å². The van der Waals surface area contributed by atoms with Crippen LogP contribution in [0.3, 0.4) is 0 Å². The van der Waals surface area contributed by atoms with Crippen molar-refractivity contribution in [3.63, 3.8) is 0 Å². The summed E-state index contributed by atoms with van der Waals surface area (Å²) in [6.07, 6.45) is 3.94. The Morgan fingerprint density at radius 3 is 2.20 bits per heavy atom. The molecule has 5 heteroatoms. The van der Waals surface area contributed by atoms with Crippen LogP contribution in [0.2, 0.25) is 0 Å². The van der Waals surface area contributed by atoms with E-state index in [0.29, 0.717) is 11.4 Å².